The Bertz CT molecular complexity index is 735. The molecule has 0 radical (unpaired) electrons. The summed E-state index contributed by atoms with van der Waals surface area (Å²) in [4.78, 5) is 13.7. The number of nitrogens with zero attached hydrogens (tertiary/aromatic N) is 1. The SMILES string of the molecule is CCN(CC)S(=O)(=O)c1cc(NC(=O)C[NH+]2CCCC[C@@H]2C)ccc1Cl. The molecule has 0 bridgehead atoms. The number of likely N-dealkylation sites (tertiary alicyclic amines) is 1. The van der Waals surface area contributed by atoms with E-state index in [4.69, 9.17) is 11.6 Å². The number of rotatable bonds is 7. The molecule has 8 heteroatoms. The minimum atomic E-state index is -3.68. The average Bonchev–Trinajstić information content (AvgIpc) is 2.59. The summed E-state index contributed by atoms with van der Waals surface area (Å²) in [6.45, 7) is 7.84. The number of carbonyl (C=O) groups is 1. The minimum absolute atomic E-state index is 0.0272. The third-order valence-corrected chi connectivity index (χ3v) is 7.54. The Kier molecular flexibility index (Phi) is 7.46. The van der Waals surface area contributed by atoms with Crippen LogP contribution in [0.2, 0.25) is 5.02 Å². The van der Waals surface area contributed by atoms with Crippen molar-refractivity contribution in [2.75, 3.05) is 31.5 Å². The fourth-order valence-corrected chi connectivity index (χ4v) is 5.37. The van der Waals surface area contributed by atoms with E-state index in [0.29, 0.717) is 31.4 Å². The Morgan fingerprint density at radius 1 is 1.31 bits per heavy atom. The van der Waals surface area contributed by atoms with Gasteiger partial charge in [-0.25, -0.2) is 8.42 Å². The molecule has 1 saturated heterocycles. The van der Waals surface area contributed by atoms with Crippen LogP contribution in [0.25, 0.3) is 0 Å². The molecule has 26 heavy (non-hydrogen) atoms. The van der Waals surface area contributed by atoms with Crippen molar-refractivity contribution in [2.24, 2.45) is 0 Å². The number of nitrogens with one attached hydrogen (secondary N) is 2. The summed E-state index contributed by atoms with van der Waals surface area (Å²) in [5, 5.41) is 2.98. The quantitative estimate of drug-likeness (QED) is 0.730. The molecule has 0 spiro atoms. The first-order valence-corrected chi connectivity index (χ1v) is 11.1. The highest BCUT2D eigenvalue weighted by molar-refractivity contribution is 7.89. The van der Waals surface area contributed by atoms with Crippen LogP contribution >= 0.6 is 11.6 Å². The molecule has 146 valence electrons. The van der Waals surface area contributed by atoms with Gasteiger partial charge < -0.3 is 10.2 Å². The molecule has 2 N–H and O–H groups in total. The van der Waals surface area contributed by atoms with E-state index in [9.17, 15) is 13.2 Å². The third kappa shape index (κ3) is 4.97. The van der Waals surface area contributed by atoms with Gasteiger partial charge in [-0.3, -0.25) is 4.79 Å². The fraction of sp³-hybridized carbons (Fsp3) is 0.611. The predicted octanol–water partition coefficient (Wildman–Crippen LogP) is 1.77. The van der Waals surface area contributed by atoms with Crippen LogP contribution in [0.15, 0.2) is 23.1 Å². The molecule has 6 nitrogen and oxygen atoms in total. The second-order valence-electron chi connectivity index (χ2n) is 6.76. The molecular formula is C18H29ClN3O3S+. The van der Waals surface area contributed by atoms with E-state index in [0.717, 1.165) is 19.4 Å². The van der Waals surface area contributed by atoms with Crippen LogP contribution in [-0.4, -0.2) is 50.9 Å². The van der Waals surface area contributed by atoms with Gasteiger partial charge >= 0.3 is 0 Å². The molecule has 1 unspecified atom stereocenters. The van der Waals surface area contributed by atoms with E-state index in [-0.39, 0.29) is 15.8 Å². The Hall–Kier alpha value is -1.15. The summed E-state index contributed by atoms with van der Waals surface area (Å²) in [5.41, 5.74) is 0.453. The number of carbonyl (C=O) groups excluding carboxylic acids is 1. The van der Waals surface area contributed by atoms with Gasteiger partial charge in [0.1, 0.15) is 4.90 Å². The maximum Gasteiger partial charge on any atom is 0.279 e. The van der Waals surface area contributed by atoms with E-state index < -0.39 is 10.0 Å². The summed E-state index contributed by atoms with van der Waals surface area (Å²) >= 11 is 6.13. The molecule has 1 aromatic rings. The molecule has 1 aliphatic rings. The van der Waals surface area contributed by atoms with Crippen LogP contribution in [0, 0.1) is 0 Å². The largest absolute Gasteiger partial charge is 0.325 e. The first-order chi connectivity index (χ1) is 12.3. The first kappa shape index (κ1) is 21.2. The summed E-state index contributed by atoms with van der Waals surface area (Å²) in [6, 6.07) is 5.07. The van der Waals surface area contributed by atoms with Gasteiger partial charge in [-0.15, -0.1) is 0 Å². The van der Waals surface area contributed by atoms with Crippen molar-refractivity contribution in [1.29, 1.82) is 0 Å². The number of piperidine rings is 1. The van der Waals surface area contributed by atoms with Crippen molar-refractivity contribution in [3.8, 4) is 0 Å². The van der Waals surface area contributed by atoms with Crippen LogP contribution in [-0.2, 0) is 14.8 Å². The zero-order chi connectivity index (χ0) is 19.3. The predicted molar refractivity (Wildman–Crippen MR) is 104 cm³/mol. The summed E-state index contributed by atoms with van der Waals surface area (Å²) in [6.07, 6.45) is 3.49. The van der Waals surface area contributed by atoms with Gasteiger partial charge in [0.2, 0.25) is 10.0 Å². The zero-order valence-electron chi connectivity index (χ0n) is 15.7. The lowest BCUT2D eigenvalue weighted by atomic mass is 10.0. The number of sulfonamides is 1. The standard InChI is InChI=1S/C18H28ClN3O3S/c1-4-22(5-2)26(24,25)17-12-15(9-10-16(17)19)20-18(23)13-21-11-7-6-8-14(21)3/h9-10,12,14H,4-8,11,13H2,1-3H3,(H,20,23)/p+1/t14-/m0/s1. The van der Waals surface area contributed by atoms with Crippen molar-refractivity contribution in [3.63, 3.8) is 0 Å². The molecule has 2 atom stereocenters. The van der Waals surface area contributed by atoms with Gasteiger partial charge in [0.15, 0.2) is 6.54 Å². The summed E-state index contributed by atoms with van der Waals surface area (Å²) in [7, 11) is -3.68. The number of amides is 1. The van der Waals surface area contributed by atoms with Crippen molar-refractivity contribution in [2.45, 2.75) is 51.0 Å². The number of anilines is 1. The first-order valence-electron chi connectivity index (χ1n) is 9.23. The van der Waals surface area contributed by atoms with Gasteiger partial charge in [0.05, 0.1) is 17.6 Å². The summed E-state index contributed by atoms with van der Waals surface area (Å²) in [5.74, 6) is -0.109. The molecule has 1 aliphatic heterocycles. The Labute approximate surface area is 161 Å². The van der Waals surface area contributed by atoms with Crippen molar-refractivity contribution < 1.29 is 18.1 Å². The molecule has 1 fully saturated rings. The van der Waals surface area contributed by atoms with E-state index in [2.05, 4.69) is 12.2 Å². The smallest absolute Gasteiger partial charge is 0.279 e. The van der Waals surface area contributed by atoms with Gasteiger partial charge in [-0.1, -0.05) is 25.4 Å². The minimum Gasteiger partial charge on any atom is -0.325 e. The Morgan fingerprint density at radius 2 is 2.00 bits per heavy atom. The van der Waals surface area contributed by atoms with Gasteiger partial charge in [-0.2, -0.15) is 4.31 Å². The lowest BCUT2D eigenvalue weighted by Gasteiger charge is -2.29. The van der Waals surface area contributed by atoms with Crippen LogP contribution in [0.1, 0.15) is 40.0 Å². The molecular weight excluding hydrogens is 374 g/mol. The Balaban J connectivity index is 2.15. The van der Waals surface area contributed by atoms with E-state index in [1.165, 1.54) is 27.8 Å². The number of hydrogen-bond donors (Lipinski definition) is 2. The van der Waals surface area contributed by atoms with Crippen LogP contribution in [0.5, 0.6) is 0 Å². The van der Waals surface area contributed by atoms with Gasteiger partial charge in [0.25, 0.3) is 5.91 Å². The monoisotopic (exact) mass is 402 g/mol. The van der Waals surface area contributed by atoms with Crippen LogP contribution in [0.3, 0.4) is 0 Å². The summed E-state index contributed by atoms with van der Waals surface area (Å²) < 4.78 is 26.8. The molecule has 0 aliphatic carbocycles. The molecule has 0 saturated carbocycles. The lowest BCUT2D eigenvalue weighted by molar-refractivity contribution is -0.920. The average molecular weight is 403 g/mol. The zero-order valence-corrected chi connectivity index (χ0v) is 17.3. The highest BCUT2D eigenvalue weighted by Gasteiger charge is 2.26. The van der Waals surface area contributed by atoms with Crippen molar-refractivity contribution in [3.05, 3.63) is 23.2 Å². The third-order valence-electron chi connectivity index (χ3n) is 5.01. The molecule has 1 aromatic carbocycles. The number of benzene rings is 1. The van der Waals surface area contributed by atoms with Crippen molar-refractivity contribution in [1.82, 2.24) is 4.31 Å². The van der Waals surface area contributed by atoms with Crippen LogP contribution in [0.4, 0.5) is 5.69 Å². The lowest BCUT2D eigenvalue weighted by Crippen LogP contribution is -3.17. The molecule has 1 amide bonds. The topological polar surface area (TPSA) is 70.9 Å². The number of hydrogen-bond acceptors (Lipinski definition) is 3. The number of halogens is 1. The second kappa shape index (κ2) is 9.17. The van der Waals surface area contributed by atoms with E-state index in [1.807, 2.05) is 0 Å². The maximum absolute atomic E-state index is 12.7. The highest BCUT2D eigenvalue weighted by Crippen LogP contribution is 2.27. The van der Waals surface area contributed by atoms with E-state index >= 15 is 0 Å². The van der Waals surface area contributed by atoms with Gasteiger partial charge in [-0.05, 0) is 44.4 Å². The fourth-order valence-electron chi connectivity index (χ4n) is 3.41. The normalized spacial score (nSPS) is 21.0. The second-order valence-corrected chi connectivity index (χ2v) is 9.08. The molecule has 2 rings (SSSR count). The van der Waals surface area contributed by atoms with Gasteiger partial charge in [0, 0.05) is 18.8 Å². The number of quaternary nitrogens is 1. The van der Waals surface area contributed by atoms with Crippen molar-refractivity contribution >= 4 is 33.2 Å². The molecule has 0 aromatic heterocycles. The molecule has 1 heterocycles. The van der Waals surface area contributed by atoms with E-state index in [1.54, 1.807) is 19.9 Å². The Morgan fingerprint density at radius 3 is 2.62 bits per heavy atom. The van der Waals surface area contributed by atoms with Crippen LogP contribution < -0.4 is 10.2 Å². The highest BCUT2D eigenvalue weighted by atomic mass is 35.5. The maximum atomic E-state index is 12.7.